The van der Waals surface area contributed by atoms with Gasteiger partial charge in [-0.3, -0.25) is 0 Å². The Morgan fingerprint density at radius 1 is 1.30 bits per heavy atom. The summed E-state index contributed by atoms with van der Waals surface area (Å²) in [6.07, 6.45) is 1.93. The molecule has 0 saturated carbocycles. The van der Waals surface area contributed by atoms with Gasteiger partial charge in [-0.25, -0.2) is 9.97 Å². The Morgan fingerprint density at radius 2 is 2.05 bits per heavy atom. The van der Waals surface area contributed by atoms with Crippen LogP contribution in [0.3, 0.4) is 0 Å². The van der Waals surface area contributed by atoms with Gasteiger partial charge in [0.2, 0.25) is 0 Å². The van der Waals surface area contributed by atoms with E-state index in [4.69, 9.17) is 17.3 Å². The minimum atomic E-state index is 0.137. The normalized spacial score (nSPS) is 12.2. The fraction of sp³-hybridized carbons (Fsp3) is 0.286. The third-order valence-electron chi connectivity index (χ3n) is 3.17. The molecule has 0 radical (unpaired) electrons. The van der Waals surface area contributed by atoms with Crippen LogP contribution in [0.2, 0.25) is 5.02 Å². The van der Waals surface area contributed by atoms with E-state index >= 15 is 0 Å². The second-order valence-electron chi connectivity index (χ2n) is 4.48. The zero-order chi connectivity index (χ0) is 14.7. The lowest BCUT2D eigenvalue weighted by atomic mass is 10.1. The predicted octanol–water partition coefficient (Wildman–Crippen LogP) is 3.63. The van der Waals surface area contributed by atoms with Crippen molar-refractivity contribution in [2.75, 3.05) is 23.9 Å². The zero-order valence-corrected chi connectivity index (χ0v) is 13.2. The second-order valence-corrected chi connectivity index (χ2v) is 5.69. The van der Waals surface area contributed by atoms with Crippen molar-refractivity contribution in [3.05, 3.63) is 40.9 Å². The Hall–Kier alpha value is -1.46. The van der Waals surface area contributed by atoms with Gasteiger partial charge in [0.25, 0.3) is 0 Å². The third kappa shape index (κ3) is 3.35. The SMILES string of the molecule is CSc1nc(N)cc(N(C)C(C)c2cccc(Cl)c2)n1. The van der Waals surface area contributed by atoms with Crippen molar-refractivity contribution in [3.63, 3.8) is 0 Å². The Morgan fingerprint density at radius 3 is 2.70 bits per heavy atom. The highest BCUT2D eigenvalue weighted by molar-refractivity contribution is 7.98. The molecule has 0 aliphatic rings. The fourth-order valence-electron chi connectivity index (χ4n) is 1.89. The molecule has 1 aromatic heterocycles. The monoisotopic (exact) mass is 308 g/mol. The molecule has 0 bridgehead atoms. The third-order valence-corrected chi connectivity index (χ3v) is 3.95. The highest BCUT2D eigenvalue weighted by atomic mass is 35.5. The van der Waals surface area contributed by atoms with Crippen molar-refractivity contribution in [1.29, 1.82) is 0 Å². The van der Waals surface area contributed by atoms with Gasteiger partial charge in [-0.15, -0.1) is 0 Å². The van der Waals surface area contributed by atoms with Gasteiger partial charge < -0.3 is 10.6 Å². The topological polar surface area (TPSA) is 55.0 Å². The van der Waals surface area contributed by atoms with Crippen molar-refractivity contribution < 1.29 is 0 Å². The molecule has 0 amide bonds. The molecule has 106 valence electrons. The van der Waals surface area contributed by atoms with Crippen molar-refractivity contribution in [2.24, 2.45) is 0 Å². The molecular weight excluding hydrogens is 292 g/mol. The first kappa shape index (κ1) is 14.9. The van der Waals surface area contributed by atoms with E-state index in [2.05, 4.69) is 21.8 Å². The number of nitrogens with two attached hydrogens (primary N) is 1. The molecule has 0 aliphatic heterocycles. The first-order valence-corrected chi connectivity index (χ1v) is 7.78. The summed E-state index contributed by atoms with van der Waals surface area (Å²) in [7, 11) is 1.98. The fourth-order valence-corrected chi connectivity index (χ4v) is 2.47. The van der Waals surface area contributed by atoms with Crippen LogP contribution in [0.4, 0.5) is 11.6 Å². The largest absolute Gasteiger partial charge is 0.383 e. The van der Waals surface area contributed by atoms with Gasteiger partial charge in [0.1, 0.15) is 11.6 Å². The zero-order valence-electron chi connectivity index (χ0n) is 11.7. The molecule has 0 aliphatic carbocycles. The Labute approximate surface area is 128 Å². The minimum absolute atomic E-state index is 0.137. The molecule has 0 spiro atoms. The number of nitrogens with zero attached hydrogens (tertiary/aromatic N) is 3. The maximum absolute atomic E-state index is 6.05. The highest BCUT2D eigenvalue weighted by Crippen LogP contribution is 2.27. The predicted molar refractivity (Wildman–Crippen MR) is 86.5 cm³/mol. The standard InChI is InChI=1S/C14H17ClN4S/c1-9(10-5-4-6-11(15)7-10)19(2)13-8-12(16)17-14(18-13)20-3/h4-9H,1-3H3,(H2,16,17,18). The molecule has 1 unspecified atom stereocenters. The Balaban J connectivity index is 2.30. The van der Waals surface area contributed by atoms with Crippen LogP contribution in [0, 0.1) is 0 Å². The Kier molecular flexibility index (Phi) is 4.73. The summed E-state index contributed by atoms with van der Waals surface area (Å²) in [5.41, 5.74) is 6.95. The molecule has 6 heteroatoms. The van der Waals surface area contributed by atoms with Gasteiger partial charge >= 0.3 is 0 Å². The number of hydrogen-bond donors (Lipinski definition) is 1. The summed E-state index contributed by atoms with van der Waals surface area (Å²) < 4.78 is 0. The quantitative estimate of drug-likeness (QED) is 0.690. The first-order valence-electron chi connectivity index (χ1n) is 6.18. The molecule has 20 heavy (non-hydrogen) atoms. The average molecular weight is 309 g/mol. The molecule has 4 nitrogen and oxygen atoms in total. The highest BCUT2D eigenvalue weighted by Gasteiger charge is 2.15. The van der Waals surface area contributed by atoms with Crippen LogP contribution in [-0.2, 0) is 0 Å². The molecule has 0 fully saturated rings. The number of anilines is 2. The number of hydrogen-bond acceptors (Lipinski definition) is 5. The lowest BCUT2D eigenvalue weighted by molar-refractivity contribution is 0.720. The summed E-state index contributed by atoms with van der Waals surface area (Å²) >= 11 is 7.52. The summed E-state index contributed by atoms with van der Waals surface area (Å²) in [5, 5.41) is 1.40. The van der Waals surface area contributed by atoms with Crippen LogP contribution in [0.25, 0.3) is 0 Å². The molecule has 1 atom stereocenters. The number of thioether (sulfide) groups is 1. The van der Waals surface area contributed by atoms with Crippen LogP contribution in [0.5, 0.6) is 0 Å². The molecular formula is C14H17ClN4S. The van der Waals surface area contributed by atoms with E-state index in [9.17, 15) is 0 Å². The van der Waals surface area contributed by atoms with Gasteiger partial charge in [-0.05, 0) is 30.9 Å². The lowest BCUT2D eigenvalue weighted by Crippen LogP contribution is -2.23. The van der Waals surface area contributed by atoms with Gasteiger partial charge in [-0.2, -0.15) is 0 Å². The van der Waals surface area contributed by atoms with Gasteiger partial charge in [0.05, 0.1) is 6.04 Å². The van der Waals surface area contributed by atoms with Gasteiger partial charge in [-0.1, -0.05) is 35.5 Å². The molecule has 2 rings (SSSR count). The number of benzene rings is 1. The number of rotatable bonds is 4. The van der Waals surface area contributed by atoms with Gasteiger partial charge in [0.15, 0.2) is 5.16 Å². The van der Waals surface area contributed by atoms with E-state index in [0.717, 1.165) is 16.4 Å². The van der Waals surface area contributed by atoms with Crippen LogP contribution in [0.15, 0.2) is 35.5 Å². The number of aromatic nitrogens is 2. The van der Waals surface area contributed by atoms with Crippen LogP contribution in [0.1, 0.15) is 18.5 Å². The van der Waals surface area contributed by atoms with Crippen LogP contribution < -0.4 is 10.6 Å². The molecule has 1 heterocycles. The van der Waals surface area contributed by atoms with E-state index in [1.165, 1.54) is 11.8 Å². The molecule has 0 saturated heterocycles. The van der Waals surface area contributed by atoms with E-state index in [1.807, 2.05) is 37.6 Å². The minimum Gasteiger partial charge on any atom is -0.383 e. The number of nitrogen functional groups attached to an aromatic ring is 1. The van der Waals surface area contributed by atoms with E-state index in [1.54, 1.807) is 6.07 Å². The molecule has 2 N–H and O–H groups in total. The van der Waals surface area contributed by atoms with Gasteiger partial charge in [0, 0.05) is 18.1 Å². The summed E-state index contributed by atoms with van der Waals surface area (Å²) in [4.78, 5) is 10.7. The van der Waals surface area contributed by atoms with E-state index in [-0.39, 0.29) is 6.04 Å². The average Bonchev–Trinajstić information content (AvgIpc) is 2.45. The molecule has 2 aromatic rings. The summed E-state index contributed by atoms with van der Waals surface area (Å²) in [5.74, 6) is 1.28. The van der Waals surface area contributed by atoms with Crippen LogP contribution in [-0.4, -0.2) is 23.3 Å². The van der Waals surface area contributed by atoms with E-state index in [0.29, 0.717) is 11.0 Å². The second kappa shape index (κ2) is 6.33. The number of halogens is 1. The summed E-state index contributed by atoms with van der Waals surface area (Å²) in [6.45, 7) is 2.10. The molecule has 1 aromatic carbocycles. The maximum atomic E-state index is 6.05. The Bertz CT molecular complexity index is 605. The van der Waals surface area contributed by atoms with E-state index < -0.39 is 0 Å². The smallest absolute Gasteiger partial charge is 0.191 e. The van der Waals surface area contributed by atoms with Crippen molar-refractivity contribution >= 4 is 35.0 Å². The van der Waals surface area contributed by atoms with Crippen molar-refractivity contribution in [3.8, 4) is 0 Å². The maximum Gasteiger partial charge on any atom is 0.191 e. The first-order chi connectivity index (χ1) is 9.51. The summed E-state index contributed by atoms with van der Waals surface area (Å²) in [6, 6.07) is 9.74. The lowest BCUT2D eigenvalue weighted by Gasteiger charge is -2.26. The van der Waals surface area contributed by atoms with Crippen molar-refractivity contribution in [2.45, 2.75) is 18.1 Å². The van der Waals surface area contributed by atoms with Crippen molar-refractivity contribution in [1.82, 2.24) is 9.97 Å². The van der Waals surface area contributed by atoms with Crippen LogP contribution >= 0.6 is 23.4 Å².